The Hall–Kier alpha value is -13.7. The van der Waals surface area contributed by atoms with Gasteiger partial charge >= 0.3 is 0 Å². The normalized spacial score (nSPS) is 11.8. The van der Waals surface area contributed by atoms with E-state index in [1.807, 2.05) is 115 Å². The van der Waals surface area contributed by atoms with Gasteiger partial charge < -0.3 is 17.7 Å². The van der Waals surface area contributed by atoms with Crippen LogP contribution in [0.15, 0.2) is 333 Å². The number of fused-ring (bicyclic) bond motifs is 12. The SMILES string of the molecule is c1ccc(-c2cccc(-c3ccc4oc5cccc(-c6nc(-c7cccc(-c8ccc(-c9nc(-c%10ccccc%10)nc(-c%10cccc%11oc%12ccccc%12c%10%11)n9)c9c8oc8ccc(-c%10ccccc%10-c%10ccccc%10)cc89)c7)nc(-c7cccc8oc9ccccc9c78)n6)c5c4c3)c2)cc1. The van der Waals surface area contributed by atoms with Gasteiger partial charge in [0.05, 0.1) is 0 Å². The van der Waals surface area contributed by atoms with Gasteiger partial charge in [-0.25, -0.2) is 29.9 Å². The van der Waals surface area contributed by atoms with Crippen molar-refractivity contribution in [3.63, 3.8) is 0 Å². The van der Waals surface area contributed by atoms with Crippen LogP contribution in [0.2, 0.25) is 0 Å². The molecular formula is C90H52N6O4. The van der Waals surface area contributed by atoms with Gasteiger partial charge in [-0.15, -0.1) is 0 Å². The van der Waals surface area contributed by atoms with E-state index in [9.17, 15) is 0 Å². The quantitative estimate of drug-likeness (QED) is 0.123. The van der Waals surface area contributed by atoms with Crippen molar-refractivity contribution in [2.24, 2.45) is 0 Å². The van der Waals surface area contributed by atoms with Gasteiger partial charge in [-0.05, 0) is 129 Å². The van der Waals surface area contributed by atoms with Gasteiger partial charge in [0.15, 0.2) is 34.9 Å². The smallest absolute Gasteiger partial charge is 0.164 e. The number of nitrogens with zero attached hydrogens (tertiary/aromatic N) is 6. The number of hydrogen-bond donors (Lipinski definition) is 0. The summed E-state index contributed by atoms with van der Waals surface area (Å²) in [5.74, 6) is 2.97. The molecule has 0 spiro atoms. The molecule has 0 bridgehead atoms. The molecule has 6 aromatic heterocycles. The Morgan fingerprint density at radius 3 is 1.08 bits per heavy atom. The molecule has 0 saturated carbocycles. The molecule has 10 heteroatoms. The van der Waals surface area contributed by atoms with Crippen LogP contribution in [-0.2, 0) is 0 Å². The summed E-state index contributed by atoms with van der Waals surface area (Å²) in [4.78, 5) is 32.6. The summed E-state index contributed by atoms with van der Waals surface area (Å²) in [6.07, 6.45) is 0. The lowest BCUT2D eigenvalue weighted by Crippen LogP contribution is -2.01. The second-order valence-corrected chi connectivity index (χ2v) is 25.1. The Balaban J connectivity index is 0.793. The summed E-state index contributed by atoms with van der Waals surface area (Å²) in [5, 5.41) is 7.37. The highest BCUT2D eigenvalue weighted by Crippen LogP contribution is 2.47. The summed E-state index contributed by atoms with van der Waals surface area (Å²) in [6, 6.07) is 108. The number of aromatic nitrogens is 6. The van der Waals surface area contributed by atoms with Crippen molar-refractivity contribution in [3.05, 3.63) is 315 Å². The molecule has 0 aliphatic heterocycles. The summed E-state index contributed by atoms with van der Waals surface area (Å²) in [5.41, 5.74) is 21.2. The minimum atomic E-state index is 0.473. The Morgan fingerprint density at radius 2 is 0.490 bits per heavy atom. The topological polar surface area (TPSA) is 130 Å². The first kappa shape index (κ1) is 56.6. The molecule has 0 unspecified atom stereocenters. The lowest BCUT2D eigenvalue weighted by Gasteiger charge is -2.13. The lowest BCUT2D eigenvalue weighted by atomic mass is 9.92. The van der Waals surface area contributed by atoms with Crippen molar-refractivity contribution < 1.29 is 17.7 Å². The van der Waals surface area contributed by atoms with Gasteiger partial charge in [0.2, 0.25) is 0 Å². The molecule has 0 atom stereocenters. The van der Waals surface area contributed by atoms with Crippen molar-refractivity contribution in [2.75, 3.05) is 0 Å². The van der Waals surface area contributed by atoms with Gasteiger partial charge in [0.1, 0.15) is 44.7 Å². The van der Waals surface area contributed by atoms with Crippen molar-refractivity contribution in [3.8, 4) is 124 Å². The molecule has 100 heavy (non-hydrogen) atoms. The molecule has 0 aliphatic carbocycles. The van der Waals surface area contributed by atoms with E-state index >= 15 is 0 Å². The Bertz CT molecular complexity index is 6670. The van der Waals surface area contributed by atoms with E-state index in [1.54, 1.807) is 0 Å². The van der Waals surface area contributed by atoms with Crippen LogP contribution in [0.3, 0.4) is 0 Å². The molecule has 0 radical (unpaired) electrons. The standard InChI is InChI=1S/C90H52N6O4/c1-4-21-53(22-5-1)56-27-16-28-57(49-56)58-43-47-75-71(51-58)82-69(37-20-42-79(82)99-75)89-94-86(93-88(95-89)68-36-19-41-78-81(68)66-34-13-15-39-74(66)98-78)61-30-17-29-59(50-61)64-45-46-70(83-72-52-60(44-48-76(72)100-84(64)83)63-32-11-10-31-62(63)54-23-6-2-7-24-54)90-92-85(55-25-8-3-9-26-55)91-87(96-90)67-35-18-40-77-80(67)65-33-12-14-38-73(65)97-77/h1-52H. The Labute approximate surface area is 571 Å². The second-order valence-electron chi connectivity index (χ2n) is 25.1. The van der Waals surface area contributed by atoms with E-state index < -0.39 is 0 Å². The molecule has 14 aromatic carbocycles. The molecule has 0 amide bonds. The molecule has 20 aromatic rings. The lowest BCUT2D eigenvalue weighted by molar-refractivity contribution is 0.668. The van der Waals surface area contributed by atoms with Crippen LogP contribution in [0.4, 0.5) is 0 Å². The van der Waals surface area contributed by atoms with E-state index in [2.05, 4.69) is 200 Å². The monoisotopic (exact) mass is 1280 g/mol. The molecule has 0 fully saturated rings. The highest BCUT2D eigenvalue weighted by atomic mass is 16.3. The van der Waals surface area contributed by atoms with Crippen LogP contribution in [0.5, 0.6) is 0 Å². The van der Waals surface area contributed by atoms with Crippen molar-refractivity contribution in [1.82, 2.24) is 29.9 Å². The van der Waals surface area contributed by atoms with Crippen molar-refractivity contribution in [1.29, 1.82) is 0 Å². The fourth-order valence-electron chi connectivity index (χ4n) is 14.6. The largest absolute Gasteiger partial charge is 0.456 e. The van der Waals surface area contributed by atoms with Crippen LogP contribution >= 0.6 is 0 Å². The number of furan rings is 4. The predicted octanol–water partition coefficient (Wildman–Crippen LogP) is 24.0. The minimum absolute atomic E-state index is 0.473. The zero-order chi connectivity index (χ0) is 65.8. The third-order valence-electron chi connectivity index (χ3n) is 19.2. The molecule has 466 valence electrons. The van der Waals surface area contributed by atoms with Crippen molar-refractivity contribution >= 4 is 87.8 Å². The number of hydrogen-bond acceptors (Lipinski definition) is 10. The average Bonchev–Trinajstić information content (AvgIpc) is 1.55. The molecule has 0 aliphatic rings. The van der Waals surface area contributed by atoms with Crippen LogP contribution in [0.1, 0.15) is 0 Å². The first-order valence-corrected chi connectivity index (χ1v) is 33.3. The van der Waals surface area contributed by atoms with E-state index in [0.29, 0.717) is 46.1 Å². The molecule has 20 rings (SSSR count). The van der Waals surface area contributed by atoms with Crippen LogP contribution in [0, 0.1) is 0 Å². The summed E-state index contributed by atoms with van der Waals surface area (Å²) >= 11 is 0. The zero-order valence-corrected chi connectivity index (χ0v) is 53.3. The fourth-order valence-corrected chi connectivity index (χ4v) is 14.6. The van der Waals surface area contributed by atoms with Gasteiger partial charge in [-0.1, -0.05) is 237 Å². The zero-order valence-electron chi connectivity index (χ0n) is 53.3. The van der Waals surface area contributed by atoms with E-state index in [4.69, 9.17) is 47.6 Å². The summed E-state index contributed by atoms with van der Waals surface area (Å²) < 4.78 is 26.9. The molecule has 0 N–H and O–H groups in total. The number of benzene rings is 14. The third kappa shape index (κ3) is 9.49. The van der Waals surface area contributed by atoms with E-state index in [0.717, 1.165) is 166 Å². The van der Waals surface area contributed by atoms with Crippen LogP contribution in [-0.4, -0.2) is 29.9 Å². The fraction of sp³-hybridized carbons (Fsp3) is 0. The first-order valence-electron chi connectivity index (χ1n) is 33.3. The first-order chi connectivity index (χ1) is 49.5. The highest BCUT2D eigenvalue weighted by Gasteiger charge is 2.26. The predicted molar refractivity (Wildman–Crippen MR) is 402 cm³/mol. The van der Waals surface area contributed by atoms with E-state index in [-0.39, 0.29) is 0 Å². The summed E-state index contributed by atoms with van der Waals surface area (Å²) in [7, 11) is 0. The number of para-hydroxylation sites is 2. The molecule has 0 saturated heterocycles. The third-order valence-corrected chi connectivity index (χ3v) is 19.2. The van der Waals surface area contributed by atoms with Crippen LogP contribution in [0.25, 0.3) is 212 Å². The highest BCUT2D eigenvalue weighted by molar-refractivity contribution is 6.18. The van der Waals surface area contributed by atoms with Gasteiger partial charge in [0.25, 0.3) is 0 Å². The second kappa shape index (κ2) is 23.0. The van der Waals surface area contributed by atoms with Gasteiger partial charge in [-0.2, -0.15) is 0 Å². The van der Waals surface area contributed by atoms with E-state index in [1.165, 1.54) is 0 Å². The minimum Gasteiger partial charge on any atom is -0.456 e. The summed E-state index contributed by atoms with van der Waals surface area (Å²) in [6.45, 7) is 0. The van der Waals surface area contributed by atoms with Gasteiger partial charge in [0, 0.05) is 82.0 Å². The Kier molecular flexibility index (Phi) is 13.0. The maximum Gasteiger partial charge on any atom is 0.164 e. The molecule has 10 nitrogen and oxygen atoms in total. The van der Waals surface area contributed by atoms with Gasteiger partial charge in [-0.3, -0.25) is 0 Å². The Morgan fingerprint density at radius 1 is 0.160 bits per heavy atom. The van der Waals surface area contributed by atoms with Crippen molar-refractivity contribution in [2.45, 2.75) is 0 Å². The molecule has 6 heterocycles. The maximum atomic E-state index is 7.29. The molecular weight excluding hydrogens is 1230 g/mol. The average molecular weight is 1280 g/mol. The number of rotatable bonds is 11. The maximum absolute atomic E-state index is 7.29. The van der Waals surface area contributed by atoms with Crippen LogP contribution < -0.4 is 0 Å².